The molecule has 10 heteroatoms. The fourth-order valence-corrected chi connectivity index (χ4v) is 3.89. The van der Waals surface area contributed by atoms with Gasteiger partial charge in [0.2, 0.25) is 5.91 Å². The number of anilines is 1. The van der Waals surface area contributed by atoms with Gasteiger partial charge in [-0.15, -0.1) is 0 Å². The van der Waals surface area contributed by atoms with Crippen molar-refractivity contribution in [2.45, 2.75) is 20.0 Å². The van der Waals surface area contributed by atoms with Crippen LogP contribution in [0.4, 0.5) is 10.1 Å². The number of fused-ring (bicyclic) bond motifs is 1. The highest BCUT2D eigenvalue weighted by Gasteiger charge is 2.17. The van der Waals surface area contributed by atoms with E-state index >= 15 is 4.39 Å². The van der Waals surface area contributed by atoms with E-state index < -0.39 is 11.7 Å². The van der Waals surface area contributed by atoms with Crippen molar-refractivity contribution in [3.8, 4) is 11.5 Å². The number of aromatic amines is 1. The number of ether oxygens (including phenoxy) is 1. The van der Waals surface area contributed by atoms with Crippen LogP contribution in [0.1, 0.15) is 28.5 Å². The van der Waals surface area contributed by atoms with Crippen LogP contribution in [0.25, 0.3) is 10.9 Å². The zero-order chi connectivity index (χ0) is 25.1. The Morgan fingerprint density at radius 1 is 1.03 bits per heavy atom. The Labute approximate surface area is 210 Å². The number of nitrogens with one attached hydrogen (secondary N) is 3. The van der Waals surface area contributed by atoms with Crippen molar-refractivity contribution in [1.82, 2.24) is 15.6 Å². The van der Waals surface area contributed by atoms with Gasteiger partial charge in [-0.25, -0.2) is 4.39 Å². The van der Waals surface area contributed by atoms with Crippen LogP contribution in [0.2, 0.25) is 10.0 Å². The average molecular weight is 515 g/mol. The number of benzene rings is 3. The highest BCUT2D eigenvalue weighted by Crippen LogP contribution is 2.35. The standard InChI is InChI=1S/C25H21Cl2FN4O3/c1-13(33)30-11-14-2-3-15-7-22(32-21(15)6-14)25(34)31-12-16-4-5-20(27)24(23(16)28)35-19-9-17(26)8-18(29)10-19/h2-10,32H,11-12,29H2,1H3,(H,30,33)(H,31,34). The lowest BCUT2D eigenvalue weighted by molar-refractivity contribution is -0.119. The summed E-state index contributed by atoms with van der Waals surface area (Å²) in [5.74, 6) is -1.22. The summed E-state index contributed by atoms with van der Waals surface area (Å²) in [4.78, 5) is 26.9. The SMILES string of the molecule is CC(=O)NCc1ccc2cc(C(=O)NCc3ccc(Cl)c(Oc4cc(N)cc(Cl)c4)c3F)[nH]c2c1. The quantitative estimate of drug-likeness (QED) is 0.242. The zero-order valence-corrected chi connectivity index (χ0v) is 20.1. The van der Waals surface area contributed by atoms with E-state index in [1.165, 1.54) is 37.3 Å². The molecule has 0 spiro atoms. The maximum atomic E-state index is 15.2. The number of hydrogen-bond donors (Lipinski definition) is 4. The molecule has 0 bridgehead atoms. The Balaban J connectivity index is 1.48. The molecule has 3 aromatic carbocycles. The number of carbonyl (C=O) groups is 2. The molecule has 0 aliphatic rings. The van der Waals surface area contributed by atoms with Crippen LogP contribution in [0.3, 0.4) is 0 Å². The number of halogens is 3. The molecule has 5 N–H and O–H groups in total. The topological polar surface area (TPSA) is 109 Å². The summed E-state index contributed by atoms with van der Waals surface area (Å²) < 4.78 is 20.8. The highest BCUT2D eigenvalue weighted by molar-refractivity contribution is 6.32. The lowest BCUT2D eigenvalue weighted by Crippen LogP contribution is -2.23. The van der Waals surface area contributed by atoms with Gasteiger partial charge in [0.05, 0.1) is 5.02 Å². The molecule has 1 heterocycles. The predicted octanol–water partition coefficient (Wildman–Crippen LogP) is 5.55. The van der Waals surface area contributed by atoms with Crippen molar-refractivity contribution in [2.75, 3.05) is 5.73 Å². The summed E-state index contributed by atoms with van der Waals surface area (Å²) in [7, 11) is 0. The lowest BCUT2D eigenvalue weighted by atomic mass is 10.1. The number of H-pyrrole nitrogens is 1. The maximum absolute atomic E-state index is 15.2. The van der Waals surface area contributed by atoms with Gasteiger partial charge in [-0.3, -0.25) is 9.59 Å². The molecular formula is C25H21Cl2FN4O3. The van der Waals surface area contributed by atoms with Crippen LogP contribution < -0.4 is 21.1 Å². The van der Waals surface area contributed by atoms with Crippen molar-refractivity contribution >= 4 is 51.6 Å². The summed E-state index contributed by atoms with van der Waals surface area (Å²) >= 11 is 12.1. The van der Waals surface area contributed by atoms with Gasteiger partial charge in [-0.2, -0.15) is 0 Å². The fourth-order valence-electron chi connectivity index (χ4n) is 3.47. The first kappa shape index (κ1) is 24.4. The van der Waals surface area contributed by atoms with Gasteiger partial charge in [0, 0.05) is 53.3 Å². The van der Waals surface area contributed by atoms with Gasteiger partial charge in [0.1, 0.15) is 11.4 Å². The van der Waals surface area contributed by atoms with Crippen LogP contribution >= 0.6 is 23.2 Å². The molecule has 7 nitrogen and oxygen atoms in total. The molecule has 0 aliphatic heterocycles. The number of amides is 2. The van der Waals surface area contributed by atoms with Crippen molar-refractivity contribution in [2.24, 2.45) is 0 Å². The van der Waals surface area contributed by atoms with Crippen LogP contribution in [0.15, 0.2) is 54.6 Å². The second kappa shape index (κ2) is 10.2. The van der Waals surface area contributed by atoms with Crippen LogP contribution in [-0.2, 0) is 17.9 Å². The van der Waals surface area contributed by atoms with Gasteiger partial charge in [-0.05, 0) is 35.9 Å². The molecule has 0 fully saturated rings. The smallest absolute Gasteiger partial charge is 0.267 e. The Bertz CT molecular complexity index is 1420. The minimum atomic E-state index is -0.712. The van der Waals surface area contributed by atoms with Crippen LogP contribution in [-0.4, -0.2) is 16.8 Å². The van der Waals surface area contributed by atoms with E-state index in [1.54, 1.807) is 6.07 Å². The summed E-state index contributed by atoms with van der Waals surface area (Å²) in [6.07, 6.45) is 0. The first-order valence-electron chi connectivity index (χ1n) is 10.5. The van der Waals surface area contributed by atoms with Crippen molar-refractivity contribution in [1.29, 1.82) is 0 Å². The van der Waals surface area contributed by atoms with Crippen LogP contribution in [0.5, 0.6) is 11.5 Å². The van der Waals surface area contributed by atoms with Gasteiger partial charge < -0.3 is 26.1 Å². The third-order valence-electron chi connectivity index (χ3n) is 5.15. The molecule has 4 aromatic rings. The highest BCUT2D eigenvalue weighted by atomic mass is 35.5. The predicted molar refractivity (Wildman–Crippen MR) is 134 cm³/mol. The molecule has 0 aliphatic carbocycles. The van der Waals surface area contributed by atoms with Crippen molar-refractivity contribution in [3.05, 3.63) is 87.3 Å². The Morgan fingerprint density at radius 2 is 1.83 bits per heavy atom. The lowest BCUT2D eigenvalue weighted by Gasteiger charge is -2.13. The number of nitrogen functional groups attached to an aromatic ring is 1. The van der Waals surface area contributed by atoms with E-state index in [4.69, 9.17) is 33.7 Å². The van der Waals surface area contributed by atoms with E-state index in [0.717, 1.165) is 16.5 Å². The molecule has 2 amide bonds. The molecule has 4 rings (SSSR count). The molecule has 0 saturated heterocycles. The molecule has 0 radical (unpaired) electrons. The fraction of sp³-hybridized carbons (Fsp3) is 0.120. The largest absolute Gasteiger partial charge is 0.453 e. The van der Waals surface area contributed by atoms with E-state index in [-0.39, 0.29) is 34.5 Å². The number of aromatic nitrogens is 1. The number of rotatable bonds is 7. The van der Waals surface area contributed by atoms with Crippen LogP contribution in [0, 0.1) is 5.82 Å². The minimum Gasteiger partial charge on any atom is -0.453 e. The maximum Gasteiger partial charge on any atom is 0.267 e. The summed E-state index contributed by atoms with van der Waals surface area (Å²) in [5.41, 5.74) is 8.24. The van der Waals surface area contributed by atoms with Gasteiger partial charge in [0.25, 0.3) is 5.91 Å². The number of nitrogens with two attached hydrogens (primary N) is 1. The van der Waals surface area contributed by atoms with E-state index in [0.29, 0.717) is 22.9 Å². The molecule has 1 aromatic heterocycles. The average Bonchev–Trinajstić information content (AvgIpc) is 3.22. The molecule has 0 atom stereocenters. The molecule has 0 unspecified atom stereocenters. The van der Waals surface area contributed by atoms with E-state index in [1.807, 2.05) is 18.2 Å². The van der Waals surface area contributed by atoms with Crippen molar-refractivity contribution < 1.29 is 18.7 Å². The molecule has 35 heavy (non-hydrogen) atoms. The monoisotopic (exact) mass is 514 g/mol. The molecular weight excluding hydrogens is 494 g/mol. The van der Waals surface area contributed by atoms with Gasteiger partial charge in [0.15, 0.2) is 11.6 Å². The number of carbonyl (C=O) groups excluding carboxylic acids is 2. The van der Waals surface area contributed by atoms with Crippen molar-refractivity contribution in [3.63, 3.8) is 0 Å². The third kappa shape index (κ3) is 5.85. The first-order chi connectivity index (χ1) is 16.7. The Hall–Kier alpha value is -3.75. The zero-order valence-electron chi connectivity index (χ0n) is 18.5. The Morgan fingerprint density at radius 3 is 2.57 bits per heavy atom. The first-order valence-corrected chi connectivity index (χ1v) is 11.3. The summed E-state index contributed by atoms with van der Waals surface area (Å²) in [5, 5.41) is 6.64. The number of hydrogen-bond acceptors (Lipinski definition) is 4. The normalized spacial score (nSPS) is 10.9. The van der Waals surface area contributed by atoms with E-state index in [9.17, 15) is 9.59 Å². The second-order valence-corrected chi connectivity index (χ2v) is 8.71. The summed E-state index contributed by atoms with van der Waals surface area (Å²) in [6, 6.07) is 14.7. The second-order valence-electron chi connectivity index (χ2n) is 7.87. The summed E-state index contributed by atoms with van der Waals surface area (Å²) in [6.45, 7) is 1.73. The molecule has 0 saturated carbocycles. The molecule has 180 valence electrons. The Kier molecular flexibility index (Phi) is 7.14. The minimum absolute atomic E-state index is 0.0572. The third-order valence-corrected chi connectivity index (χ3v) is 5.67. The van der Waals surface area contributed by atoms with E-state index in [2.05, 4.69) is 15.6 Å². The van der Waals surface area contributed by atoms with Gasteiger partial charge >= 0.3 is 0 Å². The van der Waals surface area contributed by atoms with Gasteiger partial charge in [-0.1, -0.05) is 41.4 Å².